The molecule has 5 unspecified atom stereocenters. The van der Waals surface area contributed by atoms with Crippen molar-refractivity contribution >= 4 is 20.0 Å². The van der Waals surface area contributed by atoms with E-state index in [0.717, 1.165) is 0 Å². The number of benzene rings is 3. The van der Waals surface area contributed by atoms with Crippen molar-refractivity contribution in [2.75, 3.05) is 0 Å². The van der Waals surface area contributed by atoms with Crippen molar-refractivity contribution in [2.24, 2.45) is 5.92 Å². The fourth-order valence-corrected chi connectivity index (χ4v) is 4.81. The molecular formula is C21H21P. The van der Waals surface area contributed by atoms with Crippen LogP contribution in [0, 0.1) is 5.92 Å². The van der Waals surface area contributed by atoms with Crippen LogP contribution in [0.1, 0.15) is 29.9 Å². The highest BCUT2D eigenvalue weighted by molar-refractivity contribution is 7.17. The Labute approximate surface area is 134 Å². The van der Waals surface area contributed by atoms with Crippen LogP contribution in [-0.2, 0) is 0 Å². The summed E-state index contributed by atoms with van der Waals surface area (Å²) in [6.07, 6.45) is 0. The second-order valence-electron chi connectivity index (χ2n) is 6.47. The number of hydrogen-bond donors (Lipinski definition) is 0. The lowest BCUT2D eigenvalue weighted by Crippen LogP contribution is -2.42. The van der Waals surface area contributed by atoms with Gasteiger partial charge in [0.2, 0.25) is 0 Å². The standard InChI is InChI=1S/C21H21P/c1-14-19(20(21(14)22)16-9-3-2-4-10-16)18-13-7-11-15-8-5-6-12-17(15)18/h2-14,19-21H,22H2,1H3. The zero-order chi connectivity index (χ0) is 15.1. The average molecular weight is 304 g/mol. The predicted molar refractivity (Wildman–Crippen MR) is 98.5 cm³/mol. The number of rotatable bonds is 2. The molecule has 1 saturated carbocycles. The first-order valence-corrected chi connectivity index (χ1v) is 8.72. The van der Waals surface area contributed by atoms with Crippen LogP contribution in [0.15, 0.2) is 72.8 Å². The molecule has 0 heterocycles. The van der Waals surface area contributed by atoms with Crippen molar-refractivity contribution < 1.29 is 0 Å². The third-order valence-corrected chi connectivity index (χ3v) is 6.36. The summed E-state index contributed by atoms with van der Waals surface area (Å²) in [5.41, 5.74) is 3.64. The Morgan fingerprint density at radius 3 is 2.23 bits per heavy atom. The molecule has 0 amide bonds. The topological polar surface area (TPSA) is 0 Å². The van der Waals surface area contributed by atoms with Gasteiger partial charge in [-0.2, -0.15) is 0 Å². The van der Waals surface area contributed by atoms with Gasteiger partial charge in [0.05, 0.1) is 0 Å². The van der Waals surface area contributed by atoms with Crippen LogP contribution in [0.3, 0.4) is 0 Å². The monoisotopic (exact) mass is 304 g/mol. The van der Waals surface area contributed by atoms with Crippen LogP contribution in [0.2, 0.25) is 0 Å². The zero-order valence-electron chi connectivity index (χ0n) is 12.8. The average Bonchev–Trinajstić information content (AvgIpc) is 2.59. The first kappa shape index (κ1) is 14.0. The van der Waals surface area contributed by atoms with Crippen molar-refractivity contribution in [1.82, 2.24) is 0 Å². The molecule has 0 bridgehead atoms. The van der Waals surface area contributed by atoms with Gasteiger partial charge in [-0.25, -0.2) is 0 Å². The molecule has 1 heteroatoms. The van der Waals surface area contributed by atoms with E-state index >= 15 is 0 Å². The maximum atomic E-state index is 3.08. The van der Waals surface area contributed by atoms with Crippen LogP contribution < -0.4 is 0 Å². The Balaban J connectivity index is 1.83. The molecule has 0 aliphatic heterocycles. The van der Waals surface area contributed by atoms with Crippen LogP contribution in [-0.4, -0.2) is 5.66 Å². The third kappa shape index (κ3) is 2.09. The van der Waals surface area contributed by atoms with Crippen molar-refractivity contribution in [2.45, 2.75) is 24.4 Å². The normalized spacial score (nSPS) is 27.5. The van der Waals surface area contributed by atoms with Gasteiger partial charge < -0.3 is 0 Å². The van der Waals surface area contributed by atoms with Crippen molar-refractivity contribution in [1.29, 1.82) is 0 Å². The smallest absolute Gasteiger partial charge is 0.00244 e. The Morgan fingerprint density at radius 2 is 1.41 bits per heavy atom. The molecule has 110 valence electrons. The SMILES string of the molecule is CC1C(P)C(c2ccccc2)C1c1cccc2ccccc12. The summed E-state index contributed by atoms with van der Waals surface area (Å²) in [5, 5.41) is 2.77. The highest BCUT2D eigenvalue weighted by Gasteiger charge is 2.46. The maximum Gasteiger partial charge on any atom is -0.00244 e. The van der Waals surface area contributed by atoms with Crippen LogP contribution in [0.5, 0.6) is 0 Å². The molecule has 0 spiro atoms. The molecule has 0 N–H and O–H groups in total. The molecule has 5 atom stereocenters. The minimum absolute atomic E-state index is 0.604. The van der Waals surface area contributed by atoms with Crippen molar-refractivity contribution in [3.63, 3.8) is 0 Å². The summed E-state index contributed by atoms with van der Waals surface area (Å²) in [4.78, 5) is 0. The zero-order valence-corrected chi connectivity index (χ0v) is 14.0. The van der Waals surface area contributed by atoms with Gasteiger partial charge in [0.15, 0.2) is 0 Å². The fraction of sp³-hybridized carbons (Fsp3) is 0.238. The first-order valence-electron chi connectivity index (χ1n) is 8.05. The molecule has 0 saturated heterocycles. The quantitative estimate of drug-likeness (QED) is 0.541. The van der Waals surface area contributed by atoms with E-state index < -0.39 is 0 Å². The van der Waals surface area contributed by atoms with E-state index in [1.54, 1.807) is 0 Å². The van der Waals surface area contributed by atoms with E-state index in [-0.39, 0.29) is 0 Å². The molecular weight excluding hydrogens is 283 g/mol. The van der Waals surface area contributed by atoms with Gasteiger partial charge in [-0.3, -0.25) is 0 Å². The fourth-order valence-electron chi connectivity index (χ4n) is 4.11. The summed E-state index contributed by atoms with van der Waals surface area (Å²) < 4.78 is 0. The molecule has 1 aliphatic carbocycles. The van der Waals surface area contributed by atoms with Gasteiger partial charge in [0.25, 0.3) is 0 Å². The summed E-state index contributed by atoms with van der Waals surface area (Å²) in [6.45, 7) is 2.39. The molecule has 1 aliphatic rings. The molecule has 0 aromatic heterocycles. The Kier molecular flexibility index (Phi) is 3.51. The highest BCUT2D eigenvalue weighted by Crippen LogP contribution is 2.57. The van der Waals surface area contributed by atoms with E-state index in [0.29, 0.717) is 23.4 Å². The molecule has 4 rings (SSSR count). The molecule has 0 radical (unpaired) electrons. The summed E-state index contributed by atoms with van der Waals surface area (Å²) in [6, 6.07) is 26.5. The van der Waals surface area contributed by atoms with Gasteiger partial charge in [-0.1, -0.05) is 79.7 Å². The van der Waals surface area contributed by atoms with Gasteiger partial charge in [0, 0.05) is 0 Å². The molecule has 0 nitrogen and oxygen atoms in total. The lowest BCUT2D eigenvalue weighted by atomic mass is 9.59. The second-order valence-corrected chi connectivity index (χ2v) is 7.24. The first-order chi connectivity index (χ1) is 10.8. The minimum Gasteiger partial charge on any atom is -0.133 e. The van der Waals surface area contributed by atoms with Gasteiger partial charge in [0.1, 0.15) is 0 Å². The van der Waals surface area contributed by atoms with E-state index in [2.05, 4.69) is 89.0 Å². The number of fused-ring (bicyclic) bond motifs is 1. The van der Waals surface area contributed by atoms with E-state index in [4.69, 9.17) is 0 Å². The van der Waals surface area contributed by atoms with E-state index in [1.807, 2.05) is 0 Å². The van der Waals surface area contributed by atoms with Crippen LogP contribution in [0.25, 0.3) is 10.8 Å². The lowest BCUT2D eigenvalue weighted by molar-refractivity contribution is 0.243. The molecule has 22 heavy (non-hydrogen) atoms. The molecule has 3 aromatic carbocycles. The largest absolute Gasteiger partial charge is 0.133 e. The van der Waals surface area contributed by atoms with Crippen LogP contribution >= 0.6 is 9.24 Å². The van der Waals surface area contributed by atoms with Crippen molar-refractivity contribution in [3.05, 3.63) is 83.9 Å². The maximum absolute atomic E-state index is 3.08. The van der Waals surface area contributed by atoms with Crippen LogP contribution in [0.4, 0.5) is 0 Å². The Bertz CT molecular complexity index is 788. The summed E-state index contributed by atoms with van der Waals surface area (Å²) in [7, 11) is 3.08. The molecule has 1 fully saturated rings. The van der Waals surface area contributed by atoms with E-state index in [1.165, 1.54) is 21.9 Å². The van der Waals surface area contributed by atoms with E-state index in [9.17, 15) is 0 Å². The predicted octanol–water partition coefficient (Wildman–Crippen LogP) is 5.60. The summed E-state index contributed by atoms with van der Waals surface area (Å²) in [5.74, 6) is 1.91. The number of hydrogen-bond acceptors (Lipinski definition) is 0. The third-order valence-electron chi connectivity index (χ3n) is 5.34. The van der Waals surface area contributed by atoms with Gasteiger partial charge in [-0.05, 0) is 45.3 Å². The van der Waals surface area contributed by atoms with Gasteiger partial charge in [-0.15, -0.1) is 9.24 Å². The minimum atomic E-state index is 0.604. The Morgan fingerprint density at radius 1 is 0.727 bits per heavy atom. The Hall–Kier alpha value is -1.65. The van der Waals surface area contributed by atoms with Crippen molar-refractivity contribution in [3.8, 4) is 0 Å². The second kappa shape index (κ2) is 5.52. The van der Waals surface area contributed by atoms with Gasteiger partial charge >= 0.3 is 0 Å². The highest BCUT2D eigenvalue weighted by atomic mass is 31.0. The summed E-state index contributed by atoms with van der Waals surface area (Å²) >= 11 is 0. The molecule has 3 aromatic rings. The lowest BCUT2D eigenvalue weighted by Gasteiger charge is -2.50.